The van der Waals surface area contributed by atoms with Crippen molar-refractivity contribution in [2.75, 3.05) is 27.8 Å². The Kier molecular flexibility index (Phi) is 5.06. The first kappa shape index (κ1) is 20.5. The zero-order valence-corrected chi connectivity index (χ0v) is 18.6. The van der Waals surface area contributed by atoms with Crippen LogP contribution in [0, 0.1) is 0 Å². The van der Waals surface area contributed by atoms with Gasteiger partial charge >= 0.3 is 0 Å². The zero-order chi connectivity index (χ0) is 21.6. The van der Waals surface area contributed by atoms with E-state index < -0.39 is 11.0 Å². The number of nitrogens with zero attached hydrogens (tertiary/aromatic N) is 1. The summed E-state index contributed by atoms with van der Waals surface area (Å²) in [7, 11) is 5.57. The van der Waals surface area contributed by atoms with E-state index >= 15 is 0 Å². The van der Waals surface area contributed by atoms with Crippen LogP contribution in [0.3, 0.4) is 0 Å². The third-order valence-corrected chi connectivity index (χ3v) is 7.91. The van der Waals surface area contributed by atoms with Crippen LogP contribution in [0.1, 0.15) is 42.4 Å². The number of ether oxygens (including phenoxy) is 3. The van der Waals surface area contributed by atoms with Crippen LogP contribution in [0.5, 0.6) is 11.5 Å². The highest BCUT2D eigenvalue weighted by molar-refractivity contribution is 5.83. The lowest BCUT2D eigenvalue weighted by atomic mass is 9.49. The van der Waals surface area contributed by atoms with Gasteiger partial charge in [0.25, 0.3) is 0 Å². The molecule has 2 fully saturated rings. The molecule has 2 aliphatic carbocycles. The summed E-state index contributed by atoms with van der Waals surface area (Å²) in [5, 5.41) is 0. The molecule has 1 heterocycles. The summed E-state index contributed by atoms with van der Waals surface area (Å²) in [6.07, 6.45) is 3.58. The maximum Gasteiger partial charge on any atom is 0.164 e. The van der Waals surface area contributed by atoms with Gasteiger partial charge < -0.3 is 19.1 Å². The molecule has 5 nitrogen and oxygen atoms in total. The number of carbonyl (C=O) groups is 1. The van der Waals surface area contributed by atoms with E-state index in [4.69, 9.17) is 14.2 Å². The van der Waals surface area contributed by atoms with E-state index in [1.54, 1.807) is 14.2 Å². The molecule has 5 rings (SSSR count). The van der Waals surface area contributed by atoms with Crippen LogP contribution in [0.25, 0.3) is 0 Å². The lowest BCUT2D eigenvalue weighted by Crippen LogP contribution is -2.73. The van der Waals surface area contributed by atoms with Crippen molar-refractivity contribution in [3.8, 4) is 11.5 Å². The van der Waals surface area contributed by atoms with Gasteiger partial charge in [-0.2, -0.15) is 0 Å². The van der Waals surface area contributed by atoms with Gasteiger partial charge in [-0.1, -0.05) is 36.4 Å². The van der Waals surface area contributed by atoms with Crippen molar-refractivity contribution in [3.63, 3.8) is 0 Å². The van der Waals surface area contributed by atoms with Crippen molar-refractivity contribution in [3.05, 3.63) is 59.2 Å². The Morgan fingerprint density at radius 1 is 1.06 bits per heavy atom. The standard InChI is InChI=1S/C26H31NO4/c1-27-14-13-25-16-20(28)11-12-26(25,31-17-18-7-5-4-6-8-18)22(27)15-19-9-10-21(29-2)24(30-3)23(19)25/h4-10,22H,11-17H2,1-3H3/t22?,25-,26+/m0/s1. The van der Waals surface area contributed by atoms with Gasteiger partial charge in [0.1, 0.15) is 5.78 Å². The maximum absolute atomic E-state index is 12.9. The number of hydrogen-bond donors (Lipinski definition) is 0. The lowest BCUT2D eigenvalue weighted by Gasteiger charge is -2.64. The molecule has 2 bridgehead atoms. The van der Waals surface area contributed by atoms with E-state index in [1.165, 1.54) is 5.56 Å². The van der Waals surface area contributed by atoms with Crippen molar-refractivity contribution in [1.29, 1.82) is 0 Å². The number of benzene rings is 2. The molecular formula is C26H31NO4. The molecule has 0 spiro atoms. The van der Waals surface area contributed by atoms with E-state index in [1.807, 2.05) is 24.3 Å². The summed E-state index contributed by atoms with van der Waals surface area (Å²) in [5.74, 6) is 1.81. The molecule has 31 heavy (non-hydrogen) atoms. The first-order valence-corrected chi connectivity index (χ1v) is 11.2. The van der Waals surface area contributed by atoms with E-state index in [2.05, 4.69) is 30.1 Å². The highest BCUT2D eigenvalue weighted by atomic mass is 16.5. The fourth-order valence-corrected chi connectivity index (χ4v) is 6.51. The van der Waals surface area contributed by atoms with Gasteiger partial charge in [0.2, 0.25) is 0 Å². The van der Waals surface area contributed by atoms with Crippen LogP contribution in [0.4, 0.5) is 0 Å². The molecule has 0 amide bonds. The van der Waals surface area contributed by atoms with Gasteiger partial charge in [-0.05, 0) is 50.0 Å². The minimum atomic E-state index is -0.434. The molecule has 1 unspecified atom stereocenters. The molecule has 5 heteroatoms. The number of methoxy groups -OCH3 is 2. The highest BCUT2D eigenvalue weighted by Gasteiger charge is 2.66. The van der Waals surface area contributed by atoms with Crippen molar-refractivity contribution in [2.45, 2.75) is 55.8 Å². The molecular weight excluding hydrogens is 390 g/mol. The first-order valence-electron chi connectivity index (χ1n) is 11.2. The summed E-state index contributed by atoms with van der Waals surface area (Å²) in [6.45, 7) is 1.48. The Balaban J connectivity index is 1.70. The monoisotopic (exact) mass is 421 g/mol. The van der Waals surface area contributed by atoms with Crippen LogP contribution < -0.4 is 9.47 Å². The zero-order valence-electron chi connectivity index (χ0n) is 18.6. The van der Waals surface area contributed by atoms with Crippen molar-refractivity contribution >= 4 is 5.78 Å². The number of likely N-dealkylation sites (tertiary alicyclic amines) is 1. The van der Waals surface area contributed by atoms with Crippen LogP contribution in [-0.4, -0.2) is 50.1 Å². The van der Waals surface area contributed by atoms with Gasteiger partial charge in [-0.3, -0.25) is 4.79 Å². The highest BCUT2D eigenvalue weighted by Crippen LogP contribution is 2.62. The summed E-state index contributed by atoms with van der Waals surface area (Å²) < 4.78 is 18.6. The van der Waals surface area contributed by atoms with Crippen molar-refractivity contribution < 1.29 is 19.0 Å². The Labute approximate surface area is 184 Å². The number of hydrogen-bond acceptors (Lipinski definition) is 5. The van der Waals surface area contributed by atoms with E-state index in [0.717, 1.165) is 48.4 Å². The summed E-state index contributed by atoms with van der Waals surface area (Å²) in [6, 6.07) is 14.7. The molecule has 1 aliphatic heterocycles. The SMILES string of the molecule is COc1ccc2c(c1OC)[C@@]13CCN(C)C(C2)[C@]1(OCc1ccccc1)CCC(=O)C3. The average Bonchev–Trinajstić information content (AvgIpc) is 2.80. The quantitative estimate of drug-likeness (QED) is 0.733. The fraction of sp³-hybridized carbons (Fsp3) is 0.500. The van der Waals surface area contributed by atoms with E-state index in [0.29, 0.717) is 25.2 Å². The molecule has 1 saturated heterocycles. The van der Waals surface area contributed by atoms with Gasteiger partial charge in [0.05, 0.1) is 26.4 Å². The molecule has 3 atom stereocenters. The van der Waals surface area contributed by atoms with E-state index in [9.17, 15) is 4.79 Å². The molecule has 0 radical (unpaired) electrons. The molecule has 2 aromatic rings. The third-order valence-electron chi connectivity index (χ3n) is 7.91. The summed E-state index contributed by atoms with van der Waals surface area (Å²) in [4.78, 5) is 15.4. The Bertz CT molecular complexity index is 990. The Morgan fingerprint density at radius 3 is 2.61 bits per heavy atom. The number of rotatable bonds is 5. The maximum atomic E-state index is 12.9. The molecule has 164 valence electrons. The second-order valence-corrected chi connectivity index (χ2v) is 9.25. The van der Waals surface area contributed by atoms with Gasteiger partial charge in [0.15, 0.2) is 11.5 Å². The molecule has 1 saturated carbocycles. The normalized spacial score (nSPS) is 29.8. The van der Waals surface area contributed by atoms with Crippen molar-refractivity contribution in [2.24, 2.45) is 0 Å². The van der Waals surface area contributed by atoms with Crippen LogP contribution in [-0.2, 0) is 28.0 Å². The summed E-state index contributed by atoms with van der Waals surface area (Å²) >= 11 is 0. The fourth-order valence-electron chi connectivity index (χ4n) is 6.51. The number of Topliss-reactive ketones (excluding diaryl/α,β-unsaturated/α-hetero) is 1. The topological polar surface area (TPSA) is 48.0 Å². The van der Waals surface area contributed by atoms with Gasteiger partial charge in [-0.25, -0.2) is 0 Å². The molecule has 3 aliphatic rings. The number of likely N-dealkylation sites (N-methyl/N-ethyl adjacent to an activating group) is 1. The van der Waals surface area contributed by atoms with Crippen molar-refractivity contribution in [1.82, 2.24) is 4.90 Å². The molecule has 2 aromatic carbocycles. The largest absolute Gasteiger partial charge is 0.493 e. The molecule has 0 aromatic heterocycles. The predicted molar refractivity (Wildman–Crippen MR) is 119 cm³/mol. The Hall–Kier alpha value is -2.37. The smallest absolute Gasteiger partial charge is 0.164 e. The van der Waals surface area contributed by atoms with Gasteiger partial charge in [0, 0.05) is 29.9 Å². The molecule has 0 N–H and O–H groups in total. The Morgan fingerprint density at radius 2 is 1.87 bits per heavy atom. The average molecular weight is 422 g/mol. The minimum Gasteiger partial charge on any atom is -0.493 e. The number of fused-ring (bicyclic) bond motifs is 1. The van der Waals surface area contributed by atoms with Crippen LogP contribution in [0.2, 0.25) is 0 Å². The second kappa shape index (κ2) is 7.64. The minimum absolute atomic E-state index is 0.226. The van der Waals surface area contributed by atoms with Crippen LogP contribution >= 0.6 is 0 Å². The number of carbonyl (C=O) groups excluding carboxylic acids is 1. The number of piperidine rings is 1. The first-order chi connectivity index (χ1) is 15.0. The number of ketones is 1. The predicted octanol–water partition coefficient (Wildman–Crippen LogP) is 3.91. The second-order valence-electron chi connectivity index (χ2n) is 9.25. The lowest BCUT2D eigenvalue weighted by molar-refractivity contribution is -0.202. The van der Waals surface area contributed by atoms with E-state index in [-0.39, 0.29) is 6.04 Å². The van der Waals surface area contributed by atoms with Gasteiger partial charge in [-0.15, -0.1) is 0 Å². The third kappa shape index (κ3) is 2.94. The van der Waals surface area contributed by atoms with Crippen LogP contribution in [0.15, 0.2) is 42.5 Å². The summed E-state index contributed by atoms with van der Waals surface area (Å²) in [5.41, 5.74) is 2.72.